The molecule has 0 fully saturated rings. The molecule has 0 aromatic heterocycles. The first-order valence-corrected chi connectivity index (χ1v) is 7.29. The van der Waals surface area contributed by atoms with E-state index in [9.17, 15) is 4.79 Å². The lowest BCUT2D eigenvalue weighted by Gasteiger charge is -2.20. The van der Waals surface area contributed by atoms with Crippen LogP contribution in [-0.2, 0) is 4.79 Å². The summed E-state index contributed by atoms with van der Waals surface area (Å²) in [4.78, 5) is 11.6. The van der Waals surface area contributed by atoms with Crippen molar-refractivity contribution in [2.75, 3.05) is 12.4 Å². The highest BCUT2D eigenvalue weighted by Crippen LogP contribution is 2.23. The van der Waals surface area contributed by atoms with Gasteiger partial charge in [0.05, 0.1) is 0 Å². The van der Waals surface area contributed by atoms with Crippen molar-refractivity contribution >= 4 is 17.7 Å². The second kappa shape index (κ2) is 7.98. The van der Waals surface area contributed by atoms with Crippen LogP contribution in [0.1, 0.15) is 47.5 Å². The Hall–Kier alpha value is -0.220. The average Bonchev–Trinajstić information content (AvgIpc) is 2.21. The molecule has 0 saturated carbocycles. The molecular formula is C13H27NO2S. The van der Waals surface area contributed by atoms with Crippen LogP contribution in [0.25, 0.3) is 0 Å². The van der Waals surface area contributed by atoms with Gasteiger partial charge in [0.15, 0.2) is 0 Å². The predicted molar refractivity (Wildman–Crippen MR) is 75.3 cm³/mol. The molecule has 4 heteroatoms. The van der Waals surface area contributed by atoms with Crippen molar-refractivity contribution in [2.45, 2.75) is 58.2 Å². The molecule has 0 radical (unpaired) electrons. The van der Waals surface area contributed by atoms with Crippen molar-refractivity contribution in [3.05, 3.63) is 0 Å². The Kier molecular flexibility index (Phi) is 7.88. The number of hydrogen-bond acceptors (Lipinski definition) is 3. The van der Waals surface area contributed by atoms with Gasteiger partial charge in [0.25, 0.3) is 0 Å². The van der Waals surface area contributed by atoms with E-state index in [1.54, 1.807) is 0 Å². The van der Waals surface area contributed by atoms with E-state index >= 15 is 0 Å². The fourth-order valence-electron chi connectivity index (χ4n) is 1.24. The standard InChI is InChI=1S/C13H27NO2S/c1-10(9-15)11(2)14-12(16)7-6-8-17-13(3,4)5/h10-11,15H,6-9H2,1-5H3,(H,14,16). The van der Waals surface area contributed by atoms with Gasteiger partial charge in [-0.25, -0.2) is 0 Å². The highest BCUT2D eigenvalue weighted by atomic mass is 32.2. The maximum absolute atomic E-state index is 11.6. The van der Waals surface area contributed by atoms with Crippen LogP contribution >= 0.6 is 11.8 Å². The zero-order valence-electron chi connectivity index (χ0n) is 11.7. The van der Waals surface area contributed by atoms with Crippen LogP contribution in [0.15, 0.2) is 0 Å². The van der Waals surface area contributed by atoms with Gasteiger partial charge in [-0.3, -0.25) is 4.79 Å². The van der Waals surface area contributed by atoms with E-state index in [0.29, 0.717) is 6.42 Å². The zero-order valence-corrected chi connectivity index (χ0v) is 12.6. The molecule has 0 saturated heterocycles. The number of carbonyl (C=O) groups excluding carboxylic acids is 1. The van der Waals surface area contributed by atoms with Crippen LogP contribution in [0.5, 0.6) is 0 Å². The Labute approximate surface area is 110 Å². The molecule has 0 aromatic rings. The lowest BCUT2D eigenvalue weighted by atomic mass is 10.1. The highest BCUT2D eigenvalue weighted by molar-refractivity contribution is 8.00. The first kappa shape index (κ1) is 16.8. The molecule has 0 bridgehead atoms. The summed E-state index contributed by atoms with van der Waals surface area (Å²) in [5, 5.41) is 11.9. The van der Waals surface area contributed by atoms with Crippen LogP contribution < -0.4 is 5.32 Å². The smallest absolute Gasteiger partial charge is 0.220 e. The fraction of sp³-hybridized carbons (Fsp3) is 0.923. The molecule has 2 atom stereocenters. The van der Waals surface area contributed by atoms with Gasteiger partial charge in [0, 0.05) is 23.8 Å². The molecule has 0 aliphatic carbocycles. The molecule has 0 aliphatic heterocycles. The third-order valence-corrected chi connectivity index (χ3v) is 3.97. The van der Waals surface area contributed by atoms with Gasteiger partial charge in [-0.15, -0.1) is 0 Å². The lowest BCUT2D eigenvalue weighted by Crippen LogP contribution is -2.38. The Morgan fingerprint density at radius 1 is 1.35 bits per heavy atom. The van der Waals surface area contributed by atoms with Crippen molar-refractivity contribution in [2.24, 2.45) is 5.92 Å². The largest absolute Gasteiger partial charge is 0.396 e. The maximum atomic E-state index is 11.6. The molecule has 0 spiro atoms. The van der Waals surface area contributed by atoms with Gasteiger partial charge in [-0.2, -0.15) is 11.8 Å². The van der Waals surface area contributed by atoms with Crippen LogP contribution in [0.2, 0.25) is 0 Å². The lowest BCUT2D eigenvalue weighted by molar-refractivity contribution is -0.122. The van der Waals surface area contributed by atoms with Crippen molar-refractivity contribution in [1.82, 2.24) is 5.32 Å². The number of amides is 1. The third kappa shape index (κ3) is 9.48. The van der Waals surface area contributed by atoms with Crippen molar-refractivity contribution in [3.63, 3.8) is 0 Å². The SMILES string of the molecule is CC(CO)C(C)NC(=O)CCCSC(C)(C)C. The number of aliphatic hydroxyl groups excluding tert-OH is 1. The van der Waals surface area contributed by atoms with Gasteiger partial charge in [-0.1, -0.05) is 27.7 Å². The molecule has 3 nitrogen and oxygen atoms in total. The van der Waals surface area contributed by atoms with Crippen LogP contribution in [0.4, 0.5) is 0 Å². The Morgan fingerprint density at radius 3 is 2.41 bits per heavy atom. The Balaban J connectivity index is 3.67. The van der Waals surface area contributed by atoms with Gasteiger partial charge in [0.1, 0.15) is 0 Å². The number of aliphatic hydroxyl groups is 1. The summed E-state index contributed by atoms with van der Waals surface area (Å²) < 4.78 is 0.273. The summed E-state index contributed by atoms with van der Waals surface area (Å²) in [5.74, 6) is 1.22. The number of rotatable bonds is 7. The molecule has 0 heterocycles. The summed E-state index contributed by atoms with van der Waals surface area (Å²) in [5.41, 5.74) is 0. The molecule has 102 valence electrons. The van der Waals surface area contributed by atoms with E-state index < -0.39 is 0 Å². The number of hydrogen-bond donors (Lipinski definition) is 2. The molecule has 1 amide bonds. The predicted octanol–water partition coefficient (Wildman–Crippen LogP) is 2.43. The number of thioether (sulfide) groups is 1. The molecule has 0 rings (SSSR count). The molecule has 2 unspecified atom stereocenters. The quantitative estimate of drug-likeness (QED) is 0.692. The van der Waals surface area contributed by atoms with Gasteiger partial charge in [-0.05, 0) is 25.0 Å². The van der Waals surface area contributed by atoms with E-state index in [1.807, 2.05) is 25.6 Å². The van der Waals surface area contributed by atoms with Crippen molar-refractivity contribution in [1.29, 1.82) is 0 Å². The first-order valence-electron chi connectivity index (χ1n) is 6.30. The summed E-state index contributed by atoms with van der Waals surface area (Å²) in [6, 6.07) is 0.0442. The fourth-order valence-corrected chi connectivity index (χ4v) is 2.14. The number of carbonyl (C=O) groups is 1. The van der Waals surface area contributed by atoms with E-state index in [-0.39, 0.29) is 29.2 Å². The van der Waals surface area contributed by atoms with E-state index in [0.717, 1.165) is 12.2 Å². The second-order valence-corrected chi connectivity index (χ2v) is 7.50. The van der Waals surface area contributed by atoms with Crippen LogP contribution in [-0.4, -0.2) is 34.2 Å². The molecular weight excluding hydrogens is 234 g/mol. The normalized spacial score (nSPS) is 15.4. The maximum Gasteiger partial charge on any atom is 0.220 e. The van der Waals surface area contributed by atoms with Crippen LogP contribution in [0, 0.1) is 5.92 Å². The van der Waals surface area contributed by atoms with Crippen molar-refractivity contribution in [3.8, 4) is 0 Å². The molecule has 0 aromatic carbocycles. The minimum atomic E-state index is 0.0442. The van der Waals surface area contributed by atoms with E-state index in [1.165, 1.54) is 0 Å². The third-order valence-electron chi connectivity index (χ3n) is 2.61. The summed E-state index contributed by atoms with van der Waals surface area (Å²) in [6.45, 7) is 10.5. The van der Waals surface area contributed by atoms with Crippen LogP contribution in [0.3, 0.4) is 0 Å². The van der Waals surface area contributed by atoms with Gasteiger partial charge in [0.2, 0.25) is 5.91 Å². The van der Waals surface area contributed by atoms with Gasteiger partial charge < -0.3 is 10.4 Å². The highest BCUT2D eigenvalue weighted by Gasteiger charge is 2.14. The summed E-state index contributed by atoms with van der Waals surface area (Å²) in [7, 11) is 0. The first-order chi connectivity index (χ1) is 7.76. The van der Waals surface area contributed by atoms with Gasteiger partial charge >= 0.3 is 0 Å². The Morgan fingerprint density at radius 2 is 1.94 bits per heavy atom. The van der Waals surface area contributed by atoms with Crippen molar-refractivity contribution < 1.29 is 9.90 Å². The molecule has 0 aliphatic rings. The topological polar surface area (TPSA) is 49.3 Å². The Bertz CT molecular complexity index is 226. The number of nitrogens with one attached hydrogen (secondary N) is 1. The summed E-state index contributed by atoms with van der Waals surface area (Å²) >= 11 is 1.89. The monoisotopic (exact) mass is 261 g/mol. The minimum absolute atomic E-state index is 0.0442. The molecule has 17 heavy (non-hydrogen) atoms. The van der Waals surface area contributed by atoms with E-state index in [2.05, 4.69) is 26.1 Å². The summed E-state index contributed by atoms with van der Waals surface area (Å²) in [6.07, 6.45) is 1.49. The molecule has 2 N–H and O–H groups in total. The average molecular weight is 261 g/mol. The second-order valence-electron chi connectivity index (χ2n) is 5.58. The van der Waals surface area contributed by atoms with E-state index in [4.69, 9.17) is 5.11 Å². The minimum Gasteiger partial charge on any atom is -0.396 e. The zero-order chi connectivity index (χ0) is 13.5.